The second kappa shape index (κ2) is 18.0. The Morgan fingerprint density at radius 2 is 1.85 bits per heavy atom. The quantitative estimate of drug-likeness (QED) is 0.139. The summed E-state index contributed by atoms with van der Waals surface area (Å²) in [4.78, 5) is 60.7. The average molecular weight is 958 g/mol. The molecular formula is C47H58F2InN5O7. The van der Waals surface area contributed by atoms with Gasteiger partial charge >= 0.3 is 268 Å². The maximum absolute atomic E-state index is 14.6. The molecule has 6 bridgehead atoms. The molecule has 330 valence electrons. The van der Waals surface area contributed by atoms with E-state index in [1.54, 1.807) is 44.0 Å². The van der Waals surface area contributed by atoms with E-state index in [1.165, 1.54) is 5.01 Å². The van der Waals surface area contributed by atoms with E-state index in [4.69, 9.17) is 14.5 Å². The van der Waals surface area contributed by atoms with Crippen molar-refractivity contribution in [1.29, 1.82) is 0 Å². The van der Waals surface area contributed by atoms with Crippen molar-refractivity contribution in [2.75, 3.05) is 20.3 Å². The zero-order valence-electron chi connectivity index (χ0n) is 36.9. The summed E-state index contributed by atoms with van der Waals surface area (Å²) in [6, 6.07) is 13.2. The molecule has 1 aliphatic carbocycles. The molecule has 4 heterocycles. The molecule has 3 N–H and O–H groups in total. The number of methoxy groups -OCH3 is 1. The van der Waals surface area contributed by atoms with Crippen LogP contribution in [0.15, 0.2) is 54.7 Å². The molecule has 2 aromatic heterocycles. The number of amides is 2. The van der Waals surface area contributed by atoms with Crippen LogP contribution in [0.5, 0.6) is 5.75 Å². The number of carbonyl (C=O) groups is 4. The minimum atomic E-state index is -3.64. The van der Waals surface area contributed by atoms with Crippen molar-refractivity contribution >= 4 is 53.7 Å². The third-order valence-corrected chi connectivity index (χ3v) is 22.7. The fourth-order valence-corrected chi connectivity index (χ4v) is 18.2. The zero-order valence-corrected chi connectivity index (χ0v) is 40.2. The summed E-state index contributed by atoms with van der Waals surface area (Å²) in [5.41, 5.74) is 9.33. The van der Waals surface area contributed by atoms with Gasteiger partial charge in [-0.1, -0.05) is 13.8 Å². The summed E-state index contributed by atoms with van der Waals surface area (Å²) in [5, 5.41) is 16.5. The molecule has 12 nitrogen and oxygen atoms in total. The minimum Gasteiger partial charge on any atom is -0.0563 e. The van der Waals surface area contributed by atoms with Gasteiger partial charge in [0.1, 0.15) is 0 Å². The van der Waals surface area contributed by atoms with Crippen LogP contribution in [0.3, 0.4) is 0 Å². The van der Waals surface area contributed by atoms with Crippen LogP contribution in [-0.2, 0) is 48.0 Å². The van der Waals surface area contributed by atoms with E-state index in [0.29, 0.717) is 36.9 Å². The van der Waals surface area contributed by atoms with E-state index in [0.717, 1.165) is 39.0 Å². The second-order valence-corrected chi connectivity index (χ2v) is 26.7. The van der Waals surface area contributed by atoms with Gasteiger partial charge < -0.3 is 9.30 Å². The summed E-state index contributed by atoms with van der Waals surface area (Å²) >= 11 is -3.64. The number of halogens is 2. The zero-order chi connectivity index (χ0) is 44.8. The number of aromatic hydroxyl groups is 1. The van der Waals surface area contributed by atoms with E-state index >= 15 is 0 Å². The molecule has 5 atom stereocenters. The molecule has 2 aromatic carbocycles. The van der Waals surface area contributed by atoms with Gasteiger partial charge in [0.05, 0.1) is 17.5 Å². The van der Waals surface area contributed by atoms with Crippen molar-refractivity contribution in [3.63, 3.8) is 0 Å². The van der Waals surface area contributed by atoms with Crippen molar-refractivity contribution < 1.29 is 42.5 Å². The van der Waals surface area contributed by atoms with E-state index in [9.17, 15) is 33.1 Å². The summed E-state index contributed by atoms with van der Waals surface area (Å²) in [6.07, 6.45) is 2.38. The minimum absolute atomic E-state index is 0.0361. The third kappa shape index (κ3) is 9.31. The molecule has 62 heavy (non-hydrogen) atoms. The first-order chi connectivity index (χ1) is 29.3. The number of alkyl halides is 2. The molecule has 2 fully saturated rings. The average Bonchev–Trinajstić information content (AvgIpc) is 3.78. The van der Waals surface area contributed by atoms with E-state index in [1.807, 2.05) is 25.1 Å². The number of hydrazine groups is 1. The molecule has 1 saturated heterocycles. The van der Waals surface area contributed by atoms with E-state index in [2.05, 4.69) is 54.3 Å². The first-order valence-electron chi connectivity index (χ1n) is 21.8. The molecule has 7 rings (SSSR count). The number of aromatic nitrogens is 2. The maximum atomic E-state index is 14.6. The van der Waals surface area contributed by atoms with Gasteiger partial charge in [0.15, 0.2) is 0 Å². The SMILES string of the molecule is CCn1c(-c2cccnc2[C@H](C)OC)c2c3cc(ccc31)-c1cc(O)cc(c1)C[C@H](NC(=O)[C@H](C(C)C)[In]([CH3])[C](=O)[C@@H]1CC1(F)F)C(=O)N1CCC[C@H](N1)C(=O)OCC(C)(C)C2. The Morgan fingerprint density at radius 1 is 1.11 bits per heavy atom. The van der Waals surface area contributed by atoms with Crippen LogP contribution >= 0.6 is 0 Å². The van der Waals surface area contributed by atoms with Crippen LogP contribution in [0, 0.1) is 17.3 Å². The van der Waals surface area contributed by atoms with Crippen LogP contribution in [0.1, 0.15) is 83.7 Å². The summed E-state index contributed by atoms with van der Waals surface area (Å²) < 4.78 is 42.7. The number of fused-ring (bicyclic) bond motifs is 6. The van der Waals surface area contributed by atoms with Gasteiger partial charge in [0, 0.05) is 25.4 Å². The Hall–Kier alpha value is -4.34. The predicted octanol–water partition coefficient (Wildman–Crippen LogP) is 7.37. The number of carbonyl (C=O) groups excluding carboxylic acids is 4. The number of phenolic OH excluding ortho intramolecular Hbond substituents is 1. The molecule has 0 radical (unpaired) electrons. The normalized spacial score (nSPS) is 22.1. The number of ether oxygens (including phenoxy) is 2. The van der Waals surface area contributed by atoms with Gasteiger partial charge in [-0.25, -0.2) is 0 Å². The molecule has 15 heteroatoms. The number of cyclic esters (lactones) is 1. The Balaban J connectivity index is 1.35. The Labute approximate surface area is 369 Å². The monoisotopic (exact) mass is 957 g/mol. The smallest absolute Gasteiger partial charge is 0.0563 e. The molecule has 2 amide bonds. The van der Waals surface area contributed by atoms with E-state index in [-0.39, 0.29) is 37.3 Å². The van der Waals surface area contributed by atoms with Gasteiger partial charge in [-0.05, 0) is 32.4 Å². The van der Waals surface area contributed by atoms with Gasteiger partial charge in [-0.15, -0.1) is 0 Å². The summed E-state index contributed by atoms with van der Waals surface area (Å²) in [5.74, 6) is -6.27. The van der Waals surface area contributed by atoms with Gasteiger partial charge in [0.25, 0.3) is 0 Å². The topological polar surface area (TPSA) is 152 Å². The Morgan fingerprint density at radius 3 is 2.53 bits per heavy atom. The molecule has 0 unspecified atom stereocenters. The number of phenols is 1. The standard InChI is InChI=1S/C42H52N5O6.C4H3F2O.CH3.In/c1-8-46-36-14-13-28-22-32(36)33(39(46)31-11-9-15-43-38(31)26(4)52-7)23-42(5,6)24-53-41(51)34-12-10-16-47(45-34)40(50)35(44-37(49)17-25(2)3)20-27-18-29(28)21-30(48)19-27;5-4(6)1-3(4)2-7;;/h9,11,13-15,17-19,21-22,25-26,34-35,45,48H,8,10,12,16,20,23-24H2,1-7H3,(H,44,49);3H,1H2;1H3;/t26-,34-,35-;3-;;/m00../s1. The van der Waals surface area contributed by atoms with Gasteiger partial charge in [0.2, 0.25) is 0 Å². The number of nitrogens with one attached hydrogen (secondary N) is 2. The predicted molar refractivity (Wildman–Crippen MR) is 234 cm³/mol. The Bertz CT molecular complexity index is 2380. The molecule has 2 aliphatic heterocycles. The number of esters is 1. The molecule has 1 saturated carbocycles. The third-order valence-electron chi connectivity index (χ3n) is 12.9. The number of pyridine rings is 1. The summed E-state index contributed by atoms with van der Waals surface area (Å²) in [6.45, 7) is 12.8. The van der Waals surface area contributed by atoms with Crippen molar-refractivity contribution in [3.8, 4) is 28.1 Å². The number of hydrogen-bond donors (Lipinski definition) is 3. The summed E-state index contributed by atoms with van der Waals surface area (Å²) in [7, 11) is 1.66. The van der Waals surface area contributed by atoms with Crippen LogP contribution in [-0.4, -0.2) is 101 Å². The van der Waals surface area contributed by atoms with Crippen molar-refractivity contribution in [2.24, 2.45) is 17.3 Å². The fraction of sp³-hybridized carbons (Fsp3) is 0.511. The van der Waals surface area contributed by atoms with Gasteiger partial charge in [-0.3, -0.25) is 4.98 Å². The number of rotatable bonds is 10. The van der Waals surface area contributed by atoms with E-state index < -0.39 is 82.2 Å². The number of hydrogen-bond acceptors (Lipinski definition) is 9. The van der Waals surface area contributed by atoms with Crippen molar-refractivity contribution in [1.82, 2.24) is 25.3 Å². The number of benzene rings is 2. The van der Waals surface area contributed by atoms with Crippen LogP contribution in [0.25, 0.3) is 33.3 Å². The van der Waals surface area contributed by atoms with Crippen LogP contribution in [0.4, 0.5) is 8.78 Å². The molecule has 0 spiro atoms. The molecule has 4 aromatic rings. The van der Waals surface area contributed by atoms with Crippen LogP contribution < -0.4 is 10.7 Å². The first-order valence-corrected chi connectivity index (χ1v) is 28.6. The van der Waals surface area contributed by atoms with Crippen molar-refractivity contribution in [2.45, 2.75) is 113 Å². The number of nitrogens with zero attached hydrogens (tertiary/aromatic N) is 3. The van der Waals surface area contributed by atoms with Crippen LogP contribution in [0.2, 0.25) is 8.35 Å². The van der Waals surface area contributed by atoms with Gasteiger partial charge in [-0.2, -0.15) is 0 Å². The Kier molecular flexibility index (Phi) is 13.3. The first kappa shape index (κ1) is 45.7. The van der Waals surface area contributed by atoms with Crippen molar-refractivity contribution in [3.05, 3.63) is 71.5 Å². The molecular weight excluding hydrogens is 899 g/mol. The number of aryl methyl sites for hydroxylation is 1. The molecule has 3 aliphatic rings. The fourth-order valence-electron chi connectivity index (χ4n) is 9.46. The second-order valence-electron chi connectivity index (χ2n) is 18.5.